The fraction of sp³-hybridized carbons (Fsp3) is 0.409. The fourth-order valence-electron chi connectivity index (χ4n) is 4.09. The van der Waals surface area contributed by atoms with E-state index in [2.05, 4.69) is 16.6 Å². The van der Waals surface area contributed by atoms with Gasteiger partial charge in [-0.1, -0.05) is 17.7 Å². The number of halogens is 6. The summed E-state index contributed by atoms with van der Waals surface area (Å²) in [5.74, 6) is -1.71. The van der Waals surface area contributed by atoms with Gasteiger partial charge in [0.1, 0.15) is 5.52 Å². The van der Waals surface area contributed by atoms with Crippen molar-refractivity contribution in [2.75, 3.05) is 18.6 Å². The third kappa shape index (κ3) is 5.25. The van der Waals surface area contributed by atoms with E-state index in [9.17, 15) is 26.7 Å². The molecule has 2 heterocycles. The van der Waals surface area contributed by atoms with Gasteiger partial charge in [-0.3, -0.25) is 4.79 Å². The molecule has 0 saturated carbocycles. The van der Waals surface area contributed by atoms with Crippen molar-refractivity contribution in [3.05, 3.63) is 46.6 Å². The number of nitrogens with zero attached hydrogens (tertiary/aromatic N) is 4. The molecule has 1 aliphatic rings. The number of rotatable bonds is 7. The van der Waals surface area contributed by atoms with Gasteiger partial charge in [-0.15, -0.1) is 0 Å². The summed E-state index contributed by atoms with van der Waals surface area (Å²) in [5.41, 5.74) is 6.87. The maximum atomic E-state index is 14.0. The van der Waals surface area contributed by atoms with Crippen molar-refractivity contribution >= 4 is 40.2 Å². The van der Waals surface area contributed by atoms with E-state index in [1.807, 2.05) is 0 Å². The summed E-state index contributed by atoms with van der Waals surface area (Å²) >= 11 is 6.29. The Balaban J connectivity index is 2.26. The number of nitrogens with two attached hydrogens (primary N) is 1. The highest BCUT2D eigenvalue weighted by Crippen LogP contribution is 2.41. The molecule has 3 N–H and O–H groups in total. The lowest BCUT2D eigenvalue weighted by atomic mass is 10.0. The number of benzene rings is 1. The lowest BCUT2D eigenvalue weighted by molar-refractivity contribution is -0.166. The lowest BCUT2D eigenvalue weighted by Crippen LogP contribution is -2.41. The molecule has 1 aromatic heterocycles. The molecule has 1 atom stereocenters. The first kappa shape index (κ1) is 27.2. The first-order valence-electron chi connectivity index (χ1n) is 10.6. The summed E-state index contributed by atoms with van der Waals surface area (Å²) in [5, 5.41) is 1.44. The number of aliphatic imine (C=N–C) groups is 1. The first-order valence-corrected chi connectivity index (χ1v) is 11.0. The second kappa shape index (κ2) is 10.3. The van der Waals surface area contributed by atoms with Crippen LogP contribution in [0.25, 0.3) is 11.0 Å². The minimum absolute atomic E-state index is 0.0153. The number of carbonyl (C=O) groups is 1. The summed E-state index contributed by atoms with van der Waals surface area (Å²) in [6, 6.07) is -0.492. The Morgan fingerprint density at radius 2 is 1.97 bits per heavy atom. The normalized spacial score (nSPS) is 16.1. The van der Waals surface area contributed by atoms with Crippen LogP contribution in [0, 0.1) is 0 Å². The number of imidazole rings is 1. The topological polar surface area (TPSA) is 97.8 Å². The molecule has 1 amide bonds. The summed E-state index contributed by atoms with van der Waals surface area (Å²) < 4.78 is 74.1. The third-order valence-electron chi connectivity index (χ3n) is 5.50. The molecular formula is C22H24ClF5N6O2. The van der Waals surface area contributed by atoms with Crippen LogP contribution in [0.15, 0.2) is 41.0 Å². The zero-order chi connectivity index (χ0) is 26.9. The maximum Gasteiger partial charge on any atom is 0.412 e. The van der Waals surface area contributed by atoms with Crippen molar-refractivity contribution in [2.24, 2.45) is 10.7 Å². The number of hydrogen-bond acceptors (Lipinski definition) is 6. The van der Waals surface area contributed by atoms with E-state index in [1.54, 1.807) is 18.7 Å². The van der Waals surface area contributed by atoms with Crippen molar-refractivity contribution in [1.82, 2.24) is 14.9 Å². The zero-order valence-electron chi connectivity index (χ0n) is 19.6. The smallest absolute Gasteiger partial charge is 0.412 e. The molecule has 0 saturated heterocycles. The molecule has 0 aliphatic carbocycles. The van der Waals surface area contributed by atoms with Gasteiger partial charge in [0.2, 0.25) is 11.8 Å². The average Bonchev–Trinajstić information content (AvgIpc) is 3.18. The number of fused-ring (bicyclic) bond motifs is 3. The number of alkyl halides is 5. The van der Waals surface area contributed by atoms with Gasteiger partial charge in [0, 0.05) is 24.4 Å². The molecule has 36 heavy (non-hydrogen) atoms. The summed E-state index contributed by atoms with van der Waals surface area (Å²) in [7, 11) is 1.39. The summed E-state index contributed by atoms with van der Waals surface area (Å²) in [4.78, 5) is 22.0. The van der Waals surface area contributed by atoms with Gasteiger partial charge in [-0.05, 0) is 32.9 Å². The van der Waals surface area contributed by atoms with E-state index in [1.165, 1.54) is 23.1 Å². The number of ether oxygens (including phenoxy) is 1. The summed E-state index contributed by atoms with van der Waals surface area (Å²) in [6.45, 7) is 7.60. The first-order chi connectivity index (χ1) is 16.8. The molecule has 2 aromatic rings. The lowest BCUT2D eigenvalue weighted by Gasteiger charge is -2.32. The van der Waals surface area contributed by atoms with Gasteiger partial charge >= 0.3 is 12.6 Å². The van der Waals surface area contributed by atoms with Crippen molar-refractivity contribution in [1.29, 1.82) is 0 Å². The minimum Gasteiger partial charge on any atom is -0.481 e. The largest absolute Gasteiger partial charge is 0.481 e. The SMILES string of the molecule is C=C(N=C(C)/C(=C(/C)N)N1CCCn2c1nc1c(Cl)ccc(C(NC(=O)C(F)F)C(F)(F)F)c12)OC. The van der Waals surface area contributed by atoms with E-state index >= 15 is 0 Å². The molecule has 3 rings (SSSR count). The molecule has 1 unspecified atom stereocenters. The molecular weight excluding hydrogens is 511 g/mol. The Labute approximate surface area is 208 Å². The third-order valence-corrected chi connectivity index (χ3v) is 5.80. The van der Waals surface area contributed by atoms with Crippen LogP contribution in [0.2, 0.25) is 5.02 Å². The van der Waals surface area contributed by atoms with Crippen LogP contribution in [0.5, 0.6) is 0 Å². The number of hydrogen-bond donors (Lipinski definition) is 2. The number of methoxy groups -OCH3 is 1. The minimum atomic E-state index is -5.08. The zero-order valence-corrected chi connectivity index (χ0v) is 20.3. The number of allylic oxidation sites excluding steroid dienone is 2. The molecule has 14 heteroatoms. The number of nitrogens with one attached hydrogen (secondary N) is 1. The Kier molecular flexibility index (Phi) is 7.82. The number of aromatic nitrogens is 2. The van der Waals surface area contributed by atoms with E-state index in [-0.39, 0.29) is 34.4 Å². The monoisotopic (exact) mass is 534 g/mol. The molecule has 8 nitrogen and oxygen atoms in total. The molecule has 0 fully saturated rings. The van der Waals surface area contributed by atoms with E-state index in [0.29, 0.717) is 30.1 Å². The van der Waals surface area contributed by atoms with Crippen molar-refractivity contribution in [3.8, 4) is 0 Å². The van der Waals surface area contributed by atoms with E-state index in [4.69, 9.17) is 22.1 Å². The predicted octanol–water partition coefficient (Wildman–Crippen LogP) is 4.65. The van der Waals surface area contributed by atoms with E-state index in [0.717, 1.165) is 6.07 Å². The van der Waals surface area contributed by atoms with Gasteiger partial charge < -0.3 is 25.3 Å². The van der Waals surface area contributed by atoms with Crippen LogP contribution in [0.3, 0.4) is 0 Å². The highest BCUT2D eigenvalue weighted by molar-refractivity contribution is 6.35. The Morgan fingerprint density at radius 3 is 2.53 bits per heavy atom. The maximum absolute atomic E-state index is 14.0. The molecule has 196 valence electrons. The second-order valence-electron chi connectivity index (χ2n) is 8.01. The Hall–Kier alpha value is -3.35. The molecule has 1 aliphatic heterocycles. The van der Waals surface area contributed by atoms with Crippen molar-refractivity contribution < 1.29 is 31.5 Å². The van der Waals surface area contributed by atoms with Crippen LogP contribution in [-0.2, 0) is 16.1 Å². The highest BCUT2D eigenvalue weighted by Gasteiger charge is 2.45. The average molecular weight is 535 g/mol. The fourth-order valence-corrected chi connectivity index (χ4v) is 4.29. The standard InChI is InChI=1S/C22H24ClF5N6O2/c1-10(29)16(11(2)30-12(3)36-4)33-8-5-9-34-17-13(6-7-14(23)15(17)31-21(33)34)18(22(26,27)28)32-20(35)19(24)25/h6-7,18-19H,3,5,8-9,29H2,1-2,4H3,(H,32,35)/b16-10+,30-11?. The Bertz CT molecular complexity index is 1250. The number of amides is 1. The van der Waals surface area contributed by atoms with Crippen LogP contribution in [0.1, 0.15) is 31.9 Å². The second-order valence-corrected chi connectivity index (χ2v) is 8.42. The van der Waals surface area contributed by atoms with Gasteiger partial charge in [-0.2, -0.15) is 22.0 Å². The Morgan fingerprint density at radius 1 is 1.31 bits per heavy atom. The van der Waals surface area contributed by atoms with Gasteiger partial charge in [0.15, 0.2) is 6.04 Å². The van der Waals surface area contributed by atoms with Crippen molar-refractivity contribution in [3.63, 3.8) is 0 Å². The van der Waals surface area contributed by atoms with Crippen molar-refractivity contribution in [2.45, 2.75) is 45.5 Å². The molecule has 0 bridgehead atoms. The van der Waals surface area contributed by atoms with Gasteiger partial charge in [-0.25, -0.2) is 9.98 Å². The number of carbonyl (C=O) groups excluding carboxylic acids is 1. The highest BCUT2D eigenvalue weighted by atomic mass is 35.5. The van der Waals surface area contributed by atoms with Crippen LogP contribution < -0.4 is 16.0 Å². The molecule has 1 aromatic carbocycles. The molecule has 0 radical (unpaired) electrons. The molecule has 0 spiro atoms. The summed E-state index contributed by atoms with van der Waals surface area (Å²) in [6.07, 6.45) is -8.23. The van der Waals surface area contributed by atoms with Crippen LogP contribution in [-0.4, -0.2) is 47.4 Å². The van der Waals surface area contributed by atoms with Gasteiger partial charge in [0.05, 0.1) is 29.1 Å². The van der Waals surface area contributed by atoms with Crippen LogP contribution >= 0.6 is 11.6 Å². The quantitative estimate of drug-likeness (QED) is 0.306. The van der Waals surface area contributed by atoms with Gasteiger partial charge in [0.25, 0.3) is 5.91 Å². The van der Waals surface area contributed by atoms with E-state index < -0.39 is 30.1 Å². The van der Waals surface area contributed by atoms with Crippen LogP contribution in [0.4, 0.5) is 27.9 Å². The predicted molar refractivity (Wildman–Crippen MR) is 126 cm³/mol. The number of aryl methyl sites for hydroxylation is 1. The number of anilines is 1.